The Labute approximate surface area is 145 Å². The fraction of sp³-hybridized carbons (Fsp3) is 0.500. The fourth-order valence-electron chi connectivity index (χ4n) is 2.94. The molecular formula is C16H16F5NO4. The summed E-state index contributed by atoms with van der Waals surface area (Å²) in [6, 6.07) is 0.304. The van der Waals surface area contributed by atoms with E-state index >= 15 is 0 Å². The summed E-state index contributed by atoms with van der Waals surface area (Å²) in [5.41, 5.74) is -1.86. The standard InChI is InChI=1S/C16H16F5NO4/c17-9-1-2-10(11(18)7-9)15(3-5-26-6-4-15)14(25)22-12(13(23)24)8-16(19,20)21/h1-2,7,12H,3-6,8H2,(H,22,25)(H,23,24). The van der Waals surface area contributed by atoms with Crippen molar-refractivity contribution in [2.75, 3.05) is 13.2 Å². The van der Waals surface area contributed by atoms with Crippen LogP contribution in [0.4, 0.5) is 22.0 Å². The van der Waals surface area contributed by atoms with Crippen LogP contribution in [0.25, 0.3) is 0 Å². The highest BCUT2D eigenvalue weighted by Crippen LogP contribution is 2.37. The van der Waals surface area contributed by atoms with Crippen LogP contribution < -0.4 is 5.32 Å². The molecular weight excluding hydrogens is 365 g/mol. The van der Waals surface area contributed by atoms with Gasteiger partial charge in [-0.1, -0.05) is 6.07 Å². The average molecular weight is 381 g/mol. The van der Waals surface area contributed by atoms with Crippen LogP contribution in [0.2, 0.25) is 0 Å². The van der Waals surface area contributed by atoms with Gasteiger partial charge >= 0.3 is 12.1 Å². The molecule has 1 fully saturated rings. The van der Waals surface area contributed by atoms with Crippen LogP contribution >= 0.6 is 0 Å². The van der Waals surface area contributed by atoms with Crippen molar-refractivity contribution in [1.29, 1.82) is 0 Å². The van der Waals surface area contributed by atoms with Gasteiger partial charge in [0.15, 0.2) is 0 Å². The number of alkyl halides is 3. The molecule has 0 radical (unpaired) electrons. The predicted molar refractivity (Wildman–Crippen MR) is 78.3 cm³/mol. The quantitative estimate of drug-likeness (QED) is 0.769. The van der Waals surface area contributed by atoms with Gasteiger partial charge in [0.05, 0.1) is 11.8 Å². The van der Waals surface area contributed by atoms with Crippen LogP contribution in [0.1, 0.15) is 24.8 Å². The van der Waals surface area contributed by atoms with Crippen molar-refractivity contribution in [2.45, 2.75) is 36.9 Å². The van der Waals surface area contributed by atoms with E-state index in [1.807, 2.05) is 5.32 Å². The molecule has 1 unspecified atom stereocenters. The van der Waals surface area contributed by atoms with E-state index in [9.17, 15) is 31.5 Å². The Hall–Kier alpha value is -2.23. The third kappa shape index (κ3) is 4.48. The van der Waals surface area contributed by atoms with Crippen molar-refractivity contribution in [3.05, 3.63) is 35.4 Å². The smallest absolute Gasteiger partial charge is 0.391 e. The van der Waals surface area contributed by atoms with Gasteiger partial charge in [-0.15, -0.1) is 0 Å². The highest BCUT2D eigenvalue weighted by molar-refractivity contribution is 5.91. The number of carbonyl (C=O) groups excluding carboxylic acids is 1. The first-order valence-electron chi connectivity index (χ1n) is 7.69. The van der Waals surface area contributed by atoms with E-state index in [4.69, 9.17) is 9.84 Å². The zero-order chi connectivity index (χ0) is 19.5. The lowest BCUT2D eigenvalue weighted by atomic mass is 9.73. The van der Waals surface area contributed by atoms with E-state index in [-0.39, 0.29) is 31.6 Å². The van der Waals surface area contributed by atoms with Crippen LogP contribution in [-0.2, 0) is 19.7 Å². The lowest BCUT2D eigenvalue weighted by Gasteiger charge is -2.37. The molecule has 5 nitrogen and oxygen atoms in total. The van der Waals surface area contributed by atoms with Crippen molar-refractivity contribution in [2.24, 2.45) is 0 Å². The van der Waals surface area contributed by atoms with Gasteiger partial charge in [0, 0.05) is 24.8 Å². The number of carbonyl (C=O) groups is 2. The minimum absolute atomic E-state index is 0.0151. The molecule has 1 aromatic rings. The van der Waals surface area contributed by atoms with E-state index in [1.54, 1.807) is 0 Å². The van der Waals surface area contributed by atoms with Gasteiger partial charge in [-0.3, -0.25) is 4.79 Å². The number of rotatable bonds is 5. The molecule has 1 heterocycles. The summed E-state index contributed by atoms with van der Waals surface area (Å²) in [5.74, 6) is -4.85. The third-order valence-corrected chi connectivity index (χ3v) is 4.27. The Kier molecular flexibility index (Phi) is 5.84. The molecule has 0 saturated carbocycles. The van der Waals surface area contributed by atoms with Gasteiger partial charge in [-0.05, 0) is 18.9 Å². The largest absolute Gasteiger partial charge is 0.480 e. The molecule has 1 aliphatic heterocycles. The molecule has 26 heavy (non-hydrogen) atoms. The zero-order valence-electron chi connectivity index (χ0n) is 13.4. The maximum atomic E-state index is 14.3. The first-order chi connectivity index (χ1) is 12.0. The summed E-state index contributed by atoms with van der Waals surface area (Å²) in [5, 5.41) is 10.8. The number of halogens is 5. The van der Waals surface area contributed by atoms with Crippen LogP contribution in [0.3, 0.4) is 0 Å². The Morgan fingerprint density at radius 1 is 1.23 bits per heavy atom. The third-order valence-electron chi connectivity index (χ3n) is 4.27. The second-order valence-electron chi connectivity index (χ2n) is 6.00. The molecule has 0 spiro atoms. The van der Waals surface area contributed by atoms with Gasteiger partial charge in [0.1, 0.15) is 17.7 Å². The number of hydrogen-bond donors (Lipinski definition) is 2. The van der Waals surface area contributed by atoms with E-state index < -0.39 is 47.6 Å². The SMILES string of the molecule is O=C(O)C(CC(F)(F)F)NC(=O)C1(c2ccc(F)cc2F)CCOCC1. The van der Waals surface area contributed by atoms with E-state index in [2.05, 4.69) is 0 Å². The summed E-state index contributed by atoms with van der Waals surface area (Å²) in [6.45, 7) is 0.0302. The van der Waals surface area contributed by atoms with Gasteiger partial charge in [-0.25, -0.2) is 13.6 Å². The molecule has 1 saturated heterocycles. The molecule has 2 N–H and O–H groups in total. The monoisotopic (exact) mass is 381 g/mol. The molecule has 144 valence electrons. The maximum absolute atomic E-state index is 14.3. The van der Waals surface area contributed by atoms with Crippen molar-refractivity contribution in [3.8, 4) is 0 Å². The van der Waals surface area contributed by atoms with E-state index in [1.165, 1.54) is 0 Å². The molecule has 1 aliphatic rings. The van der Waals surface area contributed by atoms with Crippen molar-refractivity contribution in [3.63, 3.8) is 0 Å². The Balaban J connectivity index is 2.36. The highest BCUT2D eigenvalue weighted by atomic mass is 19.4. The lowest BCUT2D eigenvalue weighted by Crippen LogP contribution is -2.54. The van der Waals surface area contributed by atoms with Gasteiger partial charge in [0.2, 0.25) is 5.91 Å². The summed E-state index contributed by atoms with van der Waals surface area (Å²) in [7, 11) is 0. The zero-order valence-corrected chi connectivity index (χ0v) is 13.4. The summed E-state index contributed by atoms with van der Waals surface area (Å²) in [4.78, 5) is 23.8. The summed E-state index contributed by atoms with van der Waals surface area (Å²) >= 11 is 0. The van der Waals surface area contributed by atoms with Crippen molar-refractivity contribution < 1.29 is 41.4 Å². The number of hydrogen-bond acceptors (Lipinski definition) is 3. The summed E-state index contributed by atoms with van der Waals surface area (Å²) < 4.78 is 70.2. The van der Waals surface area contributed by atoms with Crippen LogP contribution in [0.15, 0.2) is 18.2 Å². The van der Waals surface area contributed by atoms with Crippen molar-refractivity contribution in [1.82, 2.24) is 5.32 Å². The Morgan fingerprint density at radius 3 is 2.35 bits per heavy atom. The first kappa shape index (κ1) is 20.1. The van der Waals surface area contributed by atoms with E-state index in [0.717, 1.165) is 12.1 Å². The second-order valence-corrected chi connectivity index (χ2v) is 6.00. The molecule has 2 rings (SSSR count). The fourth-order valence-corrected chi connectivity index (χ4v) is 2.94. The van der Waals surface area contributed by atoms with Crippen LogP contribution in [0, 0.1) is 11.6 Å². The number of amides is 1. The number of ether oxygens (including phenoxy) is 1. The molecule has 10 heteroatoms. The van der Waals surface area contributed by atoms with Crippen molar-refractivity contribution >= 4 is 11.9 Å². The van der Waals surface area contributed by atoms with Gasteiger partial charge in [-0.2, -0.15) is 13.2 Å². The number of benzene rings is 1. The van der Waals surface area contributed by atoms with Crippen LogP contribution in [-0.4, -0.2) is 42.4 Å². The minimum Gasteiger partial charge on any atom is -0.480 e. The highest BCUT2D eigenvalue weighted by Gasteiger charge is 2.46. The second kappa shape index (κ2) is 7.56. The number of carboxylic acids is 1. The number of nitrogens with one attached hydrogen (secondary N) is 1. The topological polar surface area (TPSA) is 75.6 Å². The Bertz CT molecular complexity index is 686. The molecule has 0 aliphatic carbocycles. The number of carboxylic acid groups (broad SMARTS) is 1. The first-order valence-corrected chi connectivity index (χ1v) is 7.69. The predicted octanol–water partition coefficient (Wildman–Crippen LogP) is 2.53. The molecule has 0 bridgehead atoms. The molecule has 1 atom stereocenters. The minimum atomic E-state index is -4.82. The van der Waals surface area contributed by atoms with Crippen LogP contribution in [0.5, 0.6) is 0 Å². The lowest BCUT2D eigenvalue weighted by molar-refractivity contribution is -0.161. The molecule has 1 amide bonds. The maximum Gasteiger partial charge on any atom is 0.391 e. The number of aliphatic carboxylic acids is 1. The average Bonchev–Trinajstić information content (AvgIpc) is 2.53. The molecule has 0 aromatic heterocycles. The van der Waals surface area contributed by atoms with Gasteiger partial charge < -0.3 is 15.2 Å². The summed E-state index contributed by atoms with van der Waals surface area (Å²) in [6.07, 6.45) is -6.76. The Morgan fingerprint density at radius 2 is 1.85 bits per heavy atom. The van der Waals surface area contributed by atoms with E-state index in [0.29, 0.717) is 6.07 Å². The van der Waals surface area contributed by atoms with Gasteiger partial charge in [0.25, 0.3) is 0 Å². The molecule has 1 aromatic carbocycles. The normalized spacial score (nSPS) is 18.2.